The molecule has 0 atom stereocenters. The van der Waals surface area contributed by atoms with Crippen molar-refractivity contribution in [2.45, 2.75) is 6.92 Å². The van der Waals surface area contributed by atoms with Gasteiger partial charge in [0.05, 0.1) is 0 Å². The number of hydrogen-bond acceptors (Lipinski definition) is 5. The first-order valence-corrected chi connectivity index (χ1v) is 11.0. The number of aromatic nitrogens is 1. The molecule has 0 spiro atoms. The van der Waals surface area contributed by atoms with Crippen LogP contribution in [-0.4, -0.2) is 53.9 Å². The topological polar surface area (TPSA) is 61.6 Å². The number of fused-ring (bicyclic) bond motifs is 1. The average molecular weight is 445 g/mol. The maximum atomic E-state index is 13.7. The zero-order valence-corrected chi connectivity index (χ0v) is 18.6. The highest BCUT2D eigenvalue weighted by Crippen LogP contribution is 2.32. The predicted octanol–water partition coefficient (Wildman–Crippen LogP) is 5.07. The van der Waals surface area contributed by atoms with Gasteiger partial charge in [-0.3, -0.25) is 4.79 Å². The van der Waals surface area contributed by atoms with Crippen LogP contribution < -0.4 is 5.32 Å². The number of oxazole rings is 1. The molecule has 0 unspecified atom stereocenters. The summed E-state index contributed by atoms with van der Waals surface area (Å²) in [7, 11) is 2.07. The summed E-state index contributed by atoms with van der Waals surface area (Å²) in [6.45, 7) is 5.19. The van der Waals surface area contributed by atoms with E-state index in [0.29, 0.717) is 22.7 Å². The second kappa shape index (κ2) is 8.67. The molecule has 5 rings (SSSR count). The number of amides is 1. The molecular formula is C26H25FN4O2. The summed E-state index contributed by atoms with van der Waals surface area (Å²) >= 11 is 0. The zero-order valence-electron chi connectivity index (χ0n) is 18.6. The van der Waals surface area contributed by atoms with Crippen molar-refractivity contribution in [2.24, 2.45) is 0 Å². The third-order valence-corrected chi connectivity index (χ3v) is 6.05. The van der Waals surface area contributed by atoms with Gasteiger partial charge in [0.1, 0.15) is 11.3 Å². The van der Waals surface area contributed by atoms with Crippen molar-refractivity contribution in [1.82, 2.24) is 14.8 Å². The van der Waals surface area contributed by atoms with Gasteiger partial charge in [-0.05, 0) is 61.5 Å². The summed E-state index contributed by atoms with van der Waals surface area (Å²) in [4.78, 5) is 21.6. The number of nitrogens with one attached hydrogen (secondary N) is 1. The van der Waals surface area contributed by atoms with Crippen molar-refractivity contribution in [3.05, 3.63) is 77.6 Å². The summed E-state index contributed by atoms with van der Waals surface area (Å²) in [5.41, 5.74) is 5.14. The summed E-state index contributed by atoms with van der Waals surface area (Å²) in [5, 5.41) is 3.19. The van der Waals surface area contributed by atoms with E-state index in [4.69, 9.17) is 4.42 Å². The van der Waals surface area contributed by atoms with Gasteiger partial charge in [0.25, 0.3) is 11.9 Å². The van der Waals surface area contributed by atoms with Crippen LogP contribution in [0.4, 0.5) is 16.1 Å². The first-order chi connectivity index (χ1) is 16.0. The number of rotatable bonds is 4. The number of hydrogen-bond donors (Lipinski definition) is 1. The molecule has 3 aromatic carbocycles. The number of para-hydroxylation sites is 1. The summed E-state index contributed by atoms with van der Waals surface area (Å²) in [5.74, 6) is -0.238. The molecule has 168 valence electrons. The number of aryl methyl sites for hydroxylation is 1. The van der Waals surface area contributed by atoms with Gasteiger partial charge >= 0.3 is 0 Å². The van der Waals surface area contributed by atoms with Gasteiger partial charge in [-0.1, -0.05) is 24.3 Å². The van der Waals surface area contributed by atoms with Crippen LogP contribution in [0.2, 0.25) is 0 Å². The average Bonchev–Trinajstić information content (AvgIpc) is 3.21. The van der Waals surface area contributed by atoms with Crippen molar-refractivity contribution >= 4 is 28.7 Å². The van der Waals surface area contributed by atoms with Crippen molar-refractivity contribution < 1.29 is 13.6 Å². The van der Waals surface area contributed by atoms with E-state index >= 15 is 0 Å². The Morgan fingerprint density at radius 2 is 1.82 bits per heavy atom. The molecule has 1 aliphatic rings. The standard InChI is InChI=1S/C26H25FN4O2/c1-17-15-20(9-10-21(17)25(32)31-13-11-30(2)12-14-31)28-26-29-23-8-4-7-22(24(23)33-26)18-5-3-6-19(27)16-18/h3-10,15-16H,11-14H2,1-2H3,(H,28,29). The summed E-state index contributed by atoms with van der Waals surface area (Å²) in [6, 6.07) is 18.0. The molecule has 1 N–H and O–H groups in total. The first kappa shape index (κ1) is 21.2. The smallest absolute Gasteiger partial charge is 0.300 e. The Bertz CT molecular complexity index is 1330. The van der Waals surface area contributed by atoms with Crippen LogP contribution in [0.25, 0.3) is 22.2 Å². The highest BCUT2D eigenvalue weighted by Gasteiger charge is 2.22. The molecule has 4 aromatic rings. The minimum atomic E-state index is -0.302. The lowest BCUT2D eigenvalue weighted by Gasteiger charge is -2.32. The number of benzene rings is 3. The normalized spacial score (nSPS) is 14.6. The number of carbonyl (C=O) groups is 1. The number of piperazine rings is 1. The van der Waals surface area contributed by atoms with E-state index in [1.807, 2.05) is 54.3 Å². The third kappa shape index (κ3) is 4.32. The lowest BCUT2D eigenvalue weighted by Crippen LogP contribution is -2.47. The Hall–Kier alpha value is -3.71. The molecule has 0 radical (unpaired) electrons. The second-order valence-corrected chi connectivity index (χ2v) is 8.43. The van der Waals surface area contributed by atoms with E-state index in [9.17, 15) is 9.18 Å². The van der Waals surface area contributed by atoms with Gasteiger partial charge in [-0.25, -0.2) is 4.39 Å². The van der Waals surface area contributed by atoms with E-state index in [2.05, 4.69) is 22.2 Å². The Kier molecular flexibility index (Phi) is 5.56. The number of nitrogens with zero attached hydrogens (tertiary/aromatic N) is 3. The monoisotopic (exact) mass is 444 g/mol. The van der Waals surface area contributed by atoms with Gasteiger partial charge in [0.15, 0.2) is 5.58 Å². The first-order valence-electron chi connectivity index (χ1n) is 11.0. The van der Waals surface area contributed by atoms with Gasteiger partial charge in [0.2, 0.25) is 0 Å². The molecule has 0 aliphatic carbocycles. The third-order valence-electron chi connectivity index (χ3n) is 6.05. The molecule has 1 amide bonds. The molecule has 1 aliphatic heterocycles. The van der Waals surface area contributed by atoms with Crippen LogP contribution >= 0.6 is 0 Å². The molecule has 1 fully saturated rings. The summed E-state index contributed by atoms with van der Waals surface area (Å²) < 4.78 is 19.7. The highest BCUT2D eigenvalue weighted by molar-refractivity contribution is 5.96. The Morgan fingerprint density at radius 3 is 2.58 bits per heavy atom. The largest absolute Gasteiger partial charge is 0.423 e. The molecule has 7 heteroatoms. The van der Waals surface area contributed by atoms with E-state index < -0.39 is 0 Å². The van der Waals surface area contributed by atoms with Crippen LogP contribution in [0.1, 0.15) is 15.9 Å². The van der Waals surface area contributed by atoms with E-state index in [-0.39, 0.29) is 11.7 Å². The van der Waals surface area contributed by atoms with Crippen molar-refractivity contribution in [2.75, 3.05) is 38.5 Å². The fourth-order valence-electron chi connectivity index (χ4n) is 4.17. The molecule has 0 saturated carbocycles. The minimum Gasteiger partial charge on any atom is -0.423 e. The SMILES string of the molecule is Cc1cc(Nc2nc3cccc(-c4cccc(F)c4)c3o2)ccc1C(=O)N1CCN(C)CC1. The number of anilines is 2. The van der Waals surface area contributed by atoms with Gasteiger partial charge < -0.3 is 19.5 Å². The van der Waals surface area contributed by atoms with Crippen molar-refractivity contribution in [3.63, 3.8) is 0 Å². The van der Waals surface area contributed by atoms with Gasteiger partial charge in [-0.2, -0.15) is 4.98 Å². The van der Waals surface area contributed by atoms with E-state index in [1.165, 1.54) is 12.1 Å². The van der Waals surface area contributed by atoms with Crippen LogP contribution in [0.3, 0.4) is 0 Å². The quantitative estimate of drug-likeness (QED) is 0.476. The predicted molar refractivity (Wildman–Crippen MR) is 127 cm³/mol. The van der Waals surface area contributed by atoms with Crippen molar-refractivity contribution in [3.8, 4) is 11.1 Å². The Labute approximate surface area is 191 Å². The molecule has 1 aromatic heterocycles. The number of halogens is 1. The lowest BCUT2D eigenvalue weighted by molar-refractivity contribution is 0.0663. The van der Waals surface area contributed by atoms with Crippen molar-refractivity contribution in [1.29, 1.82) is 0 Å². The maximum Gasteiger partial charge on any atom is 0.300 e. The van der Waals surface area contributed by atoms with E-state index in [0.717, 1.165) is 48.6 Å². The number of carbonyl (C=O) groups excluding carboxylic acids is 1. The Morgan fingerprint density at radius 1 is 1.03 bits per heavy atom. The molecule has 33 heavy (non-hydrogen) atoms. The fourth-order valence-corrected chi connectivity index (χ4v) is 4.17. The molecular weight excluding hydrogens is 419 g/mol. The minimum absolute atomic E-state index is 0.0637. The zero-order chi connectivity index (χ0) is 22.9. The van der Waals surface area contributed by atoms with Crippen LogP contribution in [0.15, 0.2) is 65.1 Å². The summed E-state index contributed by atoms with van der Waals surface area (Å²) in [6.07, 6.45) is 0. The molecule has 2 heterocycles. The number of likely N-dealkylation sites (N-methyl/N-ethyl adjacent to an activating group) is 1. The van der Waals surface area contributed by atoms with Crippen LogP contribution in [0, 0.1) is 12.7 Å². The highest BCUT2D eigenvalue weighted by atomic mass is 19.1. The lowest BCUT2D eigenvalue weighted by atomic mass is 10.0. The maximum absolute atomic E-state index is 13.7. The Balaban J connectivity index is 1.38. The van der Waals surface area contributed by atoms with Crippen LogP contribution in [0.5, 0.6) is 0 Å². The van der Waals surface area contributed by atoms with E-state index in [1.54, 1.807) is 6.07 Å². The van der Waals surface area contributed by atoms with Gasteiger partial charge in [-0.15, -0.1) is 0 Å². The molecule has 6 nitrogen and oxygen atoms in total. The fraction of sp³-hybridized carbons (Fsp3) is 0.231. The molecule has 0 bridgehead atoms. The molecule has 1 saturated heterocycles. The second-order valence-electron chi connectivity index (χ2n) is 8.43. The van der Waals surface area contributed by atoms with Crippen LogP contribution in [-0.2, 0) is 0 Å². The van der Waals surface area contributed by atoms with Gasteiger partial charge in [0, 0.05) is 43.0 Å².